The second-order valence-corrected chi connectivity index (χ2v) is 4.94. The summed E-state index contributed by atoms with van der Waals surface area (Å²) in [6, 6.07) is 10.1. The number of anilines is 2. The molecule has 2 aromatic rings. The van der Waals surface area contributed by atoms with Gasteiger partial charge < -0.3 is 20.1 Å². The van der Waals surface area contributed by atoms with Crippen molar-refractivity contribution in [2.45, 2.75) is 6.92 Å². The summed E-state index contributed by atoms with van der Waals surface area (Å²) in [5, 5.41) is 13.5. The van der Waals surface area contributed by atoms with Gasteiger partial charge in [-0.25, -0.2) is 4.79 Å². The highest BCUT2D eigenvalue weighted by Gasteiger charge is 2.13. The van der Waals surface area contributed by atoms with Crippen LogP contribution in [0.5, 0.6) is 0 Å². The molecule has 8 heteroatoms. The van der Waals surface area contributed by atoms with Crippen molar-refractivity contribution in [1.29, 1.82) is 0 Å². The highest BCUT2D eigenvalue weighted by atomic mass is 16.5. The molecule has 1 amide bonds. The summed E-state index contributed by atoms with van der Waals surface area (Å²) in [4.78, 5) is 23.8. The molecule has 0 saturated carbocycles. The van der Waals surface area contributed by atoms with Gasteiger partial charge >= 0.3 is 5.97 Å². The summed E-state index contributed by atoms with van der Waals surface area (Å²) in [7, 11) is 1.56. The van der Waals surface area contributed by atoms with Crippen molar-refractivity contribution < 1.29 is 19.1 Å². The Morgan fingerprint density at radius 1 is 1.12 bits per heavy atom. The summed E-state index contributed by atoms with van der Waals surface area (Å²) in [6.07, 6.45) is 0. The lowest BCUT2D eigenvalue weighted by molar-refractivity contribution is 0.0527. The van der Waals surface area contributed by atoms with Crippen LogP contribution < -0.4 is 10.6 Å². The van der Waals surface area contributed by atoms with Crippen molar-refractivity contribution in [3.63, 3.8) is 0 Å². The first-order valence-corrected chi connectivity index (χ1v) is 7.79. The molecule has 2 rings (SSSR count). The summed E-state index contributed by atoms with van der Waals surface area (Å²) < 4.78 is 9.89. The summed E-state index contributed by atoms with van der Waals surface area (Å²) in [6.45, 7) is 2.85. The first-order chi connectivity index (χ1) is 12.2. The molecule has 1 heterocycles. The van der Waals surface area contributed by atoms with Crippen molar-refractivity contribution in [3.8, 4) is 0 Å². The van der Waals surface area contributed by atoms with Crippen molar-refractivity contribution in [2.24, 2.45) is 0 Å². The van der Waals surface area contributed by atoms with Crippen LogP contribution in [0.15, 0.2) is 36.4 Å². The fraction of sp³-hybridized carbons (Fsp3) is 0.294. The summed E-state index contributed by atoms with van der Waals surface area (Å²) >= 11 is 0. The average Bonchev–Trinajstić information content (AvgIpc) is 2.63. The molecule has 0 spiro atoms. The number of aromatic nitrogens is 2. The van der Waals surface area contributed by atoms with E-state index in [2.05, 4.69) is 20.8 Å². The molecule has 1 aromatic heterocycles. The zero-order valence-corrected chi connectivity index (χ0v) is 14.1. The molecule has 0 aliphatic rings. The number of rotatable bonds is 8. The van der Waals surface area contributed by atoms with E-state index in [-0.39, 0.29) is 11.6 Å². The van der Waals surface area contributed by atoms with Crippen molar-refractivity contribution in [3.05, 3.63) is 47.7 Å². The number of esters is 1. The van der Waals surface area contributed by atoms with E-state index in [9.17, 15) is 9.59 Å². The molecular weight excluding hydrogens is 324 g/mol. The molecule has 0 fully saturated rings. The molecule has 0 aliphatic heterocycles. The molecule has 25 heavy (non-hydrogen) atoms. The third kappa shape index (κ3) is 5.25. The molecule has 132 valence electrons. The largest absolute Gasteiger partial charge is 0.462 e. The monoisotopic (exact) mass is 344 g/mol. The van der Waals surface area contributed by atoms with Gasteiger partial charge in [0, 0.05) is 13.7 Å². The van der Waals surface area contributed by atoms with Gasteiger partial charge in [0.25, 0.3) is 5.91 Å². The molecule has 2 N–H and O–H groups in total. The lowest BCUT2D eigenvalue weighted by Crippen LogP contribution is -2.27. The zero-order valence-electron chi connectivity index (χ0n) is 14.1. The number of amides is 1. The van der Waals surface area contributed by atoms with E-state index in [1.165, 1.54) is 0 Å². The van der Waals surface area contributed by atoms with E-state index >= 15 is 0 Å². The average molecular weight is 344 g/mol. The van der Waals surface area contributed by atoms with Crippen LogP contribution in [0, 0.1) is 0 Å². The maximum Gasteiger partial charge on any atom is 0.340 e. The van der Waals surface area contributed by atoms with Gasteiger partial charge in [-0.15, -0.1) is 10.2 Å². The molecule has 0 saturated heterocycles. The highest BCUT2D eigenvalue weighted by Crippen LogP contribution is 2.20. The van der Waals surface area contributed by atoms with Crippen LogP contribution in [0.1, 0.15) is 27.8 Å². The van der Waals surface area contributed by atoms with Crippen LogP contribution in [-0.4, -0.2) is 48.9 Å². The number of methoxy groups -OCH3 is 1. The van der Waals surface area contributed by atoms with Gasteiger partial charge in [0.15, 0.2) is 11.5 Å². The van der Waals surface area contributed by atoms with E-state index < -0.39 is 5.97 Å². The molecule has 0 radical (unpaired) electrons. The maximum atomic E-state index is 12.0. The van der Waals surface area contributed by atoms with Crippen LogP contribution in [0.3, 0.4) is 0 Å². The van der Waals surface area contributed by atoms with Gasteiger partial charge in [0.05, 0.1) is 24.5 Å². The SMILES string of the molecule is CCOC(=O)c1ccccc1Nc1ccc(C(=O)NCCOC)nn1. The Bertz CT molecular complexity index is 719. The number of carbonyl (C=O) groups is 2. The fourth-order valence-corrected chi connectivity index (χ4v) is 1.99. The lowest BCUT2D eigenvalue weighted by Gasteiger charge is -2.10. The number of hydrogen-bond donors (Lipinski definition) is 2. The van der Waals surface area contributed by atoms with Gasteiger partial charge in [-0.05, 0) is 31.2 Å². The minimum atomic E-state index is -0.423. The Morgan fingerprint density at radius 3 is 2.60 bits per heavy atom. The Balaban J connectivity index is 2.07. The Morgan fingerprint density at radius 2 is 1.92 bits per heavy atom. The smallest absolute Gasteiger partial charge is 0.340 e. The second kappa shape index (κ2) is 9.33. The molecule has 8 nitrogen and oxygen atoms in total. The van der Waals surface area contributed by atoms with E-state index in [4.69, 9.17) is 9.47 Å². The molecule has 0 aliphatic carbocycles. The van der Waals surface area contributed by atoms with Crippen LogP contribution in [0.2, 0.25) is 0 Å². The third-order valence-electron chi connectivity index (χ3n) is 3.17. The standard InChI is InChI=1S/C17H20N4O4/c1-3-25-17(23)12-6-4-5-7-13(12)19-15-9-8-14(20-21-15)16(22)18-10-11-24-2/h4-9H,3,10-11H2,1-2H3,(H,18,22)(H,19,21). The number of carbonyl (C=O) groups excluding carboxylic acids is 2. The number of ether oxygens (including phenoxy) is 2. The number of benzene rings is 1. The van der Waals surface area contributed by atoms with Gasteiger partial charge in [0.2, 0.25) is 0 Å². The van der Waals surface area contributed by atoms with Crippen molar-refractivity contribution in [1.82, 2.24) is 15.5 Å². The Labute approximate surface area is 145 Å². The molecule has 0 unspecified atom stereocenters. The third-order valence-corrected chi connectivity index (χ3v) is 3.17. The van der Waals surface area contributed by atoms with E-state index in [1.807, 2.05) is 0 Å². The number of para-hydroxylation sites is 1. The topological polar surface area (TPSA) is 102 Å². The second-order valence-electron chi connectivity index (χ2n) is 4.94. The predicted molar refractivity (Wildman–Crippen MR) is 91.9 cm³/mol. The summed E-state index contributed by atoms with van der Waals surface area (Å²) in [5.41, 5.74) is 1.14. The maximum absolute atomic E-state index is 12.0. The minimum absolute atomic E-state index is 0.195. The van der Waals surface area contributed by atoms with E-state index in [0.717, 1.165) is 0 Å². The lowest BCUT2D eigenvalue weighted by atomic mass is 10.2. The van der Waals surface area contributed by atoms with Gasteiger partial charge in [-0.3, -0.25) is 4.79 Å². The minimum Gasteiger partial charge on any atom is -0.462 e. The fourth-order valence-electron chi connectivity index (χ4n) is 1.99. The van der Waals surface area contributed by atoms with Crippen molar-refractivity contribution >= 4 is 23.4 Å². The van der Waals surface area contributed by atoms with Gasteiger partial charge in [-0.2, -0.15) is 0 Å². The molecular formula is C17H20N4O4. The zero-order chi connectivity index (χ0) is 18.1. The first kappa shape index (κ1) is 18.3. The molecule has 0 atom stereocenters. The number of nitrogens with one attached hydrogen (secondary N) is 2. The van der Waals surface area contributed by atoms with Gasteiger partial charge in [0.1, 0.15) is 0 Å². The van der Waals surface area contributed by atoms with Gasteiger partial charge in [-0.1, -0.05) is 12.1 Å². The van der Waals surface area contributed by atoms with Crippen LogP contribution in [0.4, 0.5) is 11.5 Å². The van der Waals surface area contributed by atoms with Crippen LogP contribution >= 0.6 is 0 Å². The van der Waals surface area contributed by atoms with Crippen LogP contribution in [0.25, 0.3) is 0 Å². The van der Waals surface area contributed by atoms with E-state index in [1.54, 1.807) is 50.4 Å². The highest BCUT2D eigenvalue weighted by molar-refractivity contribution is 5.96. The normalized spacial score (nSPS) is 10.2. The molecule has 0 bridgehead atoms. The number of nitrogens with zero attached hydrogens (tertiary/aromatic N) is 2. The Kier molecular flexibility index (Phi) is 6.85. The van der Waals surface area contributed by atoms with Crippen LogP contribution in [-0.2, 0) is 9.47 Å². The Hall–Kier alpha value is -3.00. The quantitative estimate of drug-likeness (QED) is 0.556. The summed E-state index contributed by atoms with van der Waals surface area (Å²) in [5.74, 6) is -0.346. The number of hydrogen-bond acceptors (Lipinski definition) is 7. The first-order valence-electron chi connectivity index (χ1n) is 7.79. The molecule has 1 aromatic carbocycles. The van der Waals surface area contributed by atoms with Crippen molar-refractivity contribution in [2.75, 3.05) is 32.2 Å². The van der Waals surface area contributed by atoms with E-state index in [0.29, 0.717) is 36.8 Å². The predicted octanol–water partition coefficient (Wildman–Crippen LogP) is 1.77.